The van der Waals surface area contributed by atoms with E-state index in [0.29, 0.717) is 43.2 Å². The van der Waals surface area contributed by atoms with Gasteiger partial charge in [-0.05, 0) is 43.2 Å². The van der Waals surface area contributed by atoms with Crippen molar-refractivity contribution in [3.05, 3.63) is 63.7 Å². The standard InChI is InChI=1S/C21H18F3N3O3/c1-2-14-4-3-5-17(12-14)25-20(28)15-8-10-26(11-9-15)18-7-6-16(21(22,23)24)13-19(18)27(29)30/h1,3-7,12-13,15H,8-11H2,(H,25,28). The highest BCUT2D eigenvalue weighted by Gasteiger charge is 2.34. The topological polar surface area (TPSA) is 75.5 Å². The van der Waals surface area contributed by atoms with Gasteiger partial charge in [0.25, 0.3) is 5.69 Å². The summed E-state index contributed by atoms with van der Waals surface area (Å²) < 4.78 is 38.6. The molecule has 1 saturated heterocycles. The summed E-state index contributed by atoms with van der Waals surface area (Å²) in [5, 5.41) is 14.1. The molecule has 1 aliphatic heterocycles. The average molecular weight is 417 g/mol. The predicted molar refractivity (Wildman–Crippen MR) is 106 cm³/mol. The minimum Gasteiger partial charge on any atom is -0.366 e. The summed E-state index contributed by atoms with van der Waals surface area (Å²) in [6.45, 7) is 0.628. The number of anilines is 2. The quantitative estimate of drug-likeness (QED) is 0.453. The van der Waals surface area contributed by atoms with E-state index in [2.05, 4.69) is 11.2 Å². The number of alkyl halides is 3. The third-order valence-electron chi connectivity index (χ3n) is 5.00. The minimum atomic E-state index is -4.66. The number of terminal acetylenes is 1. The smallest absolute Gasteiger partial charge is 0.366 e. The maximum atomic E-state index is 12.9. The number of nitrogens with one attached hydrogen (secondary N) is 1. The third kappa shape index (κ3) is 4.71. The lowest BCUT2D eigenvalue weighted by molar-refractivity contribution is -0.384. The Morgan fingerprint density at radius 3 is 2.50 bits per heavy atom. The van der Waals surface area contributed by atoms with Crippen molar-refractivity contribution >= 4 is 23.0 Å². The van der Waals surface area contributed by atoms with Gasteiger partial charge in [0, 0.05) is 36.3 Å². The van der Waals surface area contributed by atoms with Gasteiger partial charge in [-0.25, -0.2) is 0 Å². The van der Waals surface area contributed by atoms with Crippen LogP contribution in [-0.2, 0) is 11.0 Å². The molecule has 2 aromatic carbocycles. The van der Waals surface area contributed by atoms with Crippen molar-refractivity contribution in [2.24, 2.45) is 5.92 Å². The number of nitro benzene ring substituents is 1. The Kier molecular flexibility index (Phi) is 5.96. The number of nitrogens with zero attached hydrogens (tertiary/aromatic N) is 2. The molecule has 0 spiro atoms. The molecular formula is C21H18F3N3O3. The zero-order chi connectivity index (χ0) is 21.9. The van der Waals surface area contributed by atoms with Gasteiger partial charge in [0.05, 0.1) is 10.5 Å². The van der Waals surface area contributed by atoms with Crippen molar-refractivity contribution in [3.63, 3.8) is 0 Å². The first-order valence-corrected chi connectivity index (χ1v) is 9.17. The summed E-state index contributed by atoms with van der Waals surface area (Å²) in [7, 11) is 0. The maximum Gasteiger partial charge on any atom is 0.416 e. The molecule has 1 amide bonds. The van der Waals surface area contributed by atoms with E-state index in [9.17, 15) is 28.1 Å². The maximum absolute atomic E-state index is 12.9. The molecule has 0 aromatic heterocycles. The van der Waals surface area contributed by atoms with E-state index >= 15 is 0 Å². The molecular weight excluding hydrogens is 399 g/mol. The van der Waals surface area contributed by atoms with Crippen LogP contribution >= 0.6 is 0 Å². The molecule has 0 unspecified atom stereocenters. The number of carbonyl (C=O) groups excluding carboxylic acids is 1. The van der Waals surface area contributed by atoms with Crippen molar-refractivity contribution in [3.8, 4) is 12.3 Å². The second kappa shape index (κ2) is 8.45. The van der Waals surface area contributed by atoms with E-state index < -0.39 is 22.4 Å². The molecule has 0 radical (unpaired) electrons. The lowest BCUT2D eigenvalue weighted by atomic mass is 9.95. The number of nitro groups is 1. The average Bonchev–Trinajstić information content (AvgIpc) is 2.73. The van der Waals surface area contributed by atoms with Crippen molar-refractivity contribution in [2.45, 2.75) is 19.0 Å². The summed E-state index contributed by atoms with van der Waals surface area (Å²) in [5.74, 6) is 1.98. The van der Waals surface area contributed by atoms with Crippen LogP contribution in [0.15, 0.2) is 42.5 Å². The second-order valence-electron chi connectivity index (χ2n) is 6.93. The molecule has 2 aromatic rings. The van der Waals surface area contributed by atoms with Crippen LogP contribution in [0.25, 0.3) is 0 Å². The Morgan fingerprint density at radius 1 is 1.20 bits per heavy atom. The molecule has 1 heterocycles. The van der Waals surface area contributed by atoms with Crippen LogP contribution in [-0.4, -0.2) is 23.9 Å². The molecule has 9 heteroatoms. The summed E-state index contributed by atoms with van der Waals surface area (Å²) in [6, 6.07) is 9.37. The van der Waals surface area contributed by atoms with Crippen LogP contribution in [0.5, 0.6) is 0 Å². The molecule has 1 N–H and O–H groups in total. The van der Waals surface area contributed by atoms with Gasteiger partial charge in [-0.2, -0.15) is 13.2 Å². The number of piperidine rings is 1. The van der Waals surface area contributed by atoms with Gasteiger partial charge < -0.3 is 10.2 Å². The second-order valence-corrected chi connectivity index (χ2v) is 6.93. The highest BCUT2D eigenvalue weighted by molar-refractivity contribution is 5.93. The molecule has 0 atom stereocenters. The fourth-order valence-electron chi connectivity index (χ4n) is 3.43. The van der Waals surface area contributed by atoms with Crippen LogP contribution in [0.1, 0.15) is 24.0 Å². The highest BCUT2D eigenvalue weighted by Crippen LogP contribution is 2.37. The summed E-state index contributed by atoms with van der Waals surface area (Å²) >= 11 is 0. The molecule has 3 rings (SSSR count). The lowest BCUT2D eigenvalue weighted by Gasteiger charge is -2.32. The largest absolute Gasteiger partial charge is 0.416 e. The van der Waals surface area contributed by atoms with Crippen molar-refractivity contribution in [1.29, 1.82) is 0 Å². The lowest BCUT2D eigenvalue weighted by Crippen LogP contribution is -2.38. The Morgan fingerprint density at radius 2 is 1.90 bits per heavy atom. The summed E-state index contributed by atoms with van der Waals surface area (Å²) in [6.07, 6.45) is 1.52. The molecule has 6 nitrogen and oxygen atoms in total. The Balaban J connectivity index is 1.68. The zero-order valence-corrected chi connectivity index (χ0v) is 15.8. The molecule has 30 heavy (non-hydrogen) atoms. The van der Waals surface area contributed by atoms with Crippen LogP contribution < -0.4 is 10.2 Å². The van der Waals surface area contributed by atoms with Gasteiger partial charge in [0.2, 0.25) is 5.91 Å². The van der Waals surface area contributed by atoms with E-state index in [1.165, 1.54) is 0 Å². The molecule has 1 aliphatic rings. The Labute approximate surface area is 170 Å². The summed E-state index contributed by atoms with van der Waals surface area (Å²) in [4.78, 5) is 24.7. The monoisotopic (exact) mass is 417 g/mol. The number of hydrogen-bond donors (Lipinski definition) is 1. The van der Waals surface area contributed by atoms with Crippen LogP contribution in [0.4, 0.5) is 30.2 Å². The molecule has 0 aliphatic carbocycles. The van der Waals surface area contributed by atoms with Gasteiger partial charge in [-0.15, -0.1) is 6.42 Å². The number of benzene rings is 2. The zero-order valence-electron chi connectivity index (χ0n) is 15.8. The first kappa shape index (κ1) is 21.2. The van der Waals surface area contributed by atoms with Gasteiger partial charge in [-0.3, -0.25) is 14.9 Å². The van der Waals surface area contributed by atoms with E-state index in [1.807, 2.05) is 0 Å². The number of hydrogen-bond acceptors (Lipinski definition) is 4. The fourth-order valence-corrected chi connectivity index (χ4v) is 3.43. The van der Waals surface area contributed by atoms with Crippen molar-refractivity contribution in [1.82, 2.24) is 0 Å². The molecule has 1 fully saturated rings. The Bertz CT molecular complexity index is 1010. The normalized spacial score (nSPS) is 14.8. The fraction of sp³-hybridized carbons (Fsp3) is 0.286. The number of rotatable bonds is 4. The SMILES string of the molecule is C#Cc1cccc(NC(=O)C2CCN(c3ccc(C(F)(F)F)cc3[N+](=O)[O-])CC2)c1. The number of carbonyl (C=O) groups is 1. The van der Waals surface area contributed by atoms with Crippen LogP contribution in [0.3, 0.4) is 0 Å². The van der Waals surface area contributed by atoms with Crippen LogP contribution in [0, 0.1) is 28.4 Å². The predicted octanol–water partition coefficient (Wildman–Crippen LogP) is 4.45. The van der Waals surface area contributed by atoms with Gasteiger partial charge in [-0.1, -0.05) is 12.0 Å². The number of halogens is 3. The van der Waals surface area contributed by atoms with Crippen molar-refractivity contribution in [2.75, 3.05) is 23.3 Å². The molecule has 156 valence electrons. The van der Waals surface area contributed by atoms with Crippen LogP contribution in [0.2, 0.25) is 0 Å². The van der Waals surface area contributed by atoms with E-state index in [1.54, 1.807) is 29.2 Å². The van der Waals surface area contributed by atoms with E-state index in [4.69, 9.17) is 6.42 Å². The molecule has 0 bridgehead atoms. The van der Waals surface area contributed by atoms with Gasteiger partial charge in [0.15, 0.2) is 0 Å². The minimum absolute atomic E-state index is 0.119. The first-order valence-electron chi connectivity index (χ1n) is 9.17. The van der Waals surface area contributed by atoms with Gasteiger partial charge >= 0.3 is 6.18 Å². The molecule has 0 saturated carbocycles. The number of amides is 1. The summed E-state index contributed by atoms with van der Waals surface area (Å²) in [5.41, 5.74) is -0.331. The van der Waals surface area contributed by atoms with E-state index in [0.717, 1.165) is 12.1 Å². The van der Waals surface area contributed by atoms with Crippen molar-refractivity contribution < 1.29 is 22.9 Å². The highest BCUT2D eigenvalue weighted by atomic mass is 19.4. The van der Waals surface area contributed by atoms with Gasteiger partial charge in [0.1, 0.15) is 5.69 Å². The first-order chi connectivity index (χ1) is 14.2. The van der Waals surface area contributed by atoms with E-state index in [-0.39, 0.29) is 17.5 Å². The Hall–Kier alpha value is -3.54. The third-order valence-corrected chi connectivity index (χ3v) is 5.00.